The van der Waals surface area contributed by atoms with Gasteiger partial charge >= 0.3 is 0 Å². The van der Waals surface area contributed by atoms with E-state index in [4.69, 9.17) is 4.74 Å². The lowest BCUT2D eigenvalue weighted by atomic mass is 9.76. The van der Waals surface area contributed by atoms with Gasteiger partial charge in [-0.2, -0.15) is 0 Å². The summed E-state index contributed by atoms with van der Waals surface area (Å²) in [6.45, 7) is 8.34. The van der Waals surface area contributed by atoms with E-state index >= 15 is 0 Å². The van der Waals surface area contributed by atoms with Crippen LogP contribution in [0.1, 0.15) is 44.9 Å². The molecule has 4 fully saturated rings. The van der Waals surface area contributed by atoms with Crippen molar-refractivity contribution in [2.75, 3.05) is 59.5 Å². The number of rotatable bonds is 3. The zero-order valence-corrected chi connectivity index (χ0v) is 15.9. The molecule has 1 spiro atoms. The van der Waals surface area contributed by atoms with Crippen LogP contribution in [-0.2, 0) is 9.53 Å². The maximum Gasteiger partial charge on any atom is 0.225 e. The first-order chi connectivity index (χ1) is 12.2. The molecule has 3 saturated heterocycles. The van der Waals surface area contributed by atoms with Crippen molar-refractivity contribution in [3.63, 3.8) is 0 Å². The lowest BCUT2D eigenvalue weighted by molar-refractivity contribution is -0.137. The van der Waals surface area contributed by atoms with Crippen molar-refractivity contribution in [2.24, 2.45) is 11.3 Å². The number of likely N-dealkylation sites (N-methyl/N-ethyl adjacent to an activating group) is 1. The highest BCUT2D eigenvalue weighted by atomic mass is 16.5. The number of likely N-dealkylation sites (tertiary alicyclic amines) is 2. The highest BCUT2D eigenvalue weighted by Gasteiger charge is 2.45. The van der Waals surface area contributed by atoms with Crippen molar-refractivity contribution < 1.29 is 9.53 Å². The van der Waals surface area contributed by atoms with Crippen molar-refractivity contribution in [2.45, 2.75) is 51.0 Å². The Hall–Kier alpha value is -0.650. The van der Waals surface area contributed by atoms with E-state index in [-0.39, 0.29) is 0 Å². The fourth-order valence-corrected chi connectivity index (χ4v) is 5.66. The second-order valence-corrected chi connectivity index (χ2v) is 8.99. The molecule has 3 aliphatic heterocycles. The van der Waals surface area contributed by atoms with Crippen molar-refractivity contribution in [1.82, 2.24) is 14.7 Å². The summed E-state index contributed by atoms with van der Waals surface area (Å²) in [6, 6.07) is 0.676. The van der Waals surface area contributed by atoms with Crippen LogP contribution in [-0.4, -0.2) is 86.2 Å². The predicted octanol–water partition coefficient (Wildman–Crippen LogP) is 1.82. The van der Waals surface area contributed by atoms with Crippen molar-refractivity contribution in [3.8, 4) is 0 Å². The second kappa shape index (κ2) is 7.53. The Morgan fingerprint density at radius 3 is 2.44 bits per heavy atom. The molecule has 1 amide bonds. The second-order valence-electron chi connectivity index (χ2n) is 8.99. The number of carbonyl (C=O) groups excluding carboxylic acids is 1. The quantitative estimate of drug-likeness (QED) is 0.779. The number of morpholine rings is 1. The Balaban J connectivity index is 1.29. The highest BCUT2D eigenvalue weighted by Crippen LogP contribution is 2.43. The average molecular weight is 350 g/mol. The molecule has 0 aromatic heterocycles. The summed E-state index contributed by atoms with van der Waals surface area (Å²) in [7, 11) is 2.30. The monoisotopic (exact) mass is 349 g/mol. The van der Waals surface area contributed by atoms with E-state index in [1.54, 1.807) is 0 Å². The molecule has 1 saturated carbocycles. The molecule has 0 aromatic rings. The van der Waals surface area contributed by atoms with Gasteiger partial charge in [-0.25, -0.2) is 0 Å². The number of ether oxygens (including phenoxy) is 1. The van der Waals surface area contributed by atoms with E-state index in [2.05, 4.69) is 21.7 Å². The Kier molecular flexibility index (Phi) is 5.35. The first-order valence-electron chi connectivity index (χ1n) is 10.4. The van der Waals surface area contributed by atoms with E-state index in [0.717, 1.165) is 52.2 Å². The van der Waals surface area contributed by atoms with Crippen LogP contribution in [0, 0.1) is 11.3 Å². The standard InChI is InChI=1S/C20H35N3O2/c1-21-16-20(14-18(21)15-22-10-12-25-13-11-22)6-8-23(9-7-20)19(24)17-4-2-3-5-17/h17-18H,2-16H2,1H3. The van der Waals surface area contributed by atoms with E-state index in [1.807, 2.05) is 0 Å². The zero-order valence-electron chi connectivity index (χ0n) is 15.9. The smallest absolute Gasteiger partial charge is 0.225 e. The number of hydrogen-bond acceptors (Lipinski definition) is 4. The van der Waals surface area contributed by atoms with Gasteiger partial charge in [0.1, 0.15) is 0 Å². The molecule has 0 radical (unpaired) electrons. The summed E-state index contributed by atoms with van der Waals surface area (Å²) in [5, 5.41) is 0. The van der Waals surface area contributed by atoms with Crippen molar-refractivity contribution in [3.05, 3.63) is 0 Å². The number of carbonyl (C=O) groups is 1. The Morgan fingerprint density at radius 2 is 1.76 bits per heavy atom. The topological polar surface area (TPSA) is 36.0 Å². The molecule has 5 nitrogen and oxygen atoms in total. The molecule has 142 valence electrons. The molecule has 1 unspecified atom stereocenters. The maximum absolute atomic E-state index is 12.7. The molecule has 0 aromatic carbocycles. The van der Waals surface area contributed by atoms with Crippen LogP contribution < -0.4 is 0 Å². The average Bonchev–Trinajstić information content (AvgIpc) is 3.25. The SMILES string of the molecule is CN1CC2(CCN(C(=O)C3CCCC3)CC2)CC1CN1CCOCC1. The molecule has 0 bridgehead atoms. The van der Waals surface area contributed by atoms with Gasteiger partial charge in [0.15, 0.2) is 0 Å². The van der Waals surface area contributed by atoms with Gasteiger partial charge in [-0.05, 0) is 44.6 Å². The minimum atomic E-state index is 0.342. The molecule has 25 heavy (non-hydrogen) atoms. The van der Waals surface area contributed by atoms with Crippen molar-refractivity contribution in [1.29, 1.82) is 0 Å². The molecular weight excluding hydrogens is 314 g/mol. The normalized spacial score (nSPS) is 31.9. The number of amides is 1. The summed E-state index contributed by atoms with van der Waals surface area (Å²) < 4.78 is 5.48. The van der Waals surface area contributed by atoms with Gasteiger partial charge in [0.25, 0.3) is 0 Å². The molecule has 4 rings (SSSR count). The summed E-state index contributed by atoms with van der Waals surface area (Å²) in [5.41, 5.74) is 0.457. The minimum absolute atomic E-state index is 0.342. The van der Waals surface area contributed by atoms with Crippen LogP contribution in [0.5, 0.6) is 0 Å². The number of nitrogens with zero attached hydrogens (tertiary/aromatic N) is 3. The lowest BCUT2D eigenvalue weighted by Crippen LogP contribution is -2.45. The van der Waals surface area contributed by atoms with Crippen LogP contribution in [0.3, 0.4) is 0 Å². The van der Waals surface area contributed by atoms with Crippen LogP contribution in [0.4, 0.5) is 0 Å². The molecule has 0 N–H and O–H groups in total. The molecule has 1 aliphatic carbocycles. The first-order valence-corrected chi connectivity index (χ1v) is 10.4. The molecule has 4 aliphatic rings. The van der Waals surface area contributed by atoms with Crippen LogP contribution in [0.25, 0.3) is 0 Å². The summed E-state index contributed by atoms with van der Waals surface area (Å²) in [4.78, 5) is 20.0. The Morgan fingerprint density at radius 1 is 1.08 bits per heavy atom. The zero-order chi connectivity index (χ0) is 17.3. The maximum atomic E-state index is 12.7. The Labute approximate surface area is 152 Å². The highest BCUT2D eigenvalue weighted by molar-refractivity contribution is 5.79. The summed E-state index contributed by atoms with van der Waals surface area (Å²) >= 11 is 0. The van der Waals surface area contributed by atoms with E-state index in [9.17, 15) is 4.79 Å². The fourth-order valence-electron chi connectivity index (χ4n) is 5.66. The molecule has 5 heteroatoms. The number of hydrogen-bond donors (Lipinski definition) is 0. The van der Waals surface area contributed by atoms with Crippen LogP contribution >= 0.6 is 0 Å². The third kappa shape index (κ3) is 3.88. The molecule has 3 heterocycles. The lowest BCUT2D eigenvalue weighted by Gasteiger charge is -2.40. The van der Waals surface area contributed by atoms with Crippen LogP contribution in [0.15, 0.2) is 0 Å². The minimum Gasteiger partial charge on any atom is -0.379 e. The van der Waals surface area contributed by atoms with Gasteiger partial charge in [0, 0.05) is 51.2 Å². The third-order valence-corrected chi connectivity index (χ3v) is 7.29. The number of piperidine rings is 1. The third-order valence-electron chi connectivity index (χ3n) is 7.29. The summed E-state index contributed by atoms with van der Waals surface area (Å²) in [5.74, 6) is 0.804. The van der Waals surface area contributed by atoms with Gasteiger partial charge in [0.2, 0.25) is 5.91 Å². The molecule has 1 atom stereocenters. The van der Waals surface area contributed by atoms with Crippen molar-refractivity contribution >= 4 is 5.91 Å². The predicted molar refractivity (Wildman–Crippen MR) is 98.5 cm³/mol. The van der Waals surface area contributed by atoms with Gasteiger partial charge < -0.3 is 14.5 Å². The van der Waals surface area contributed by atoms with Crippen LogP contribution in [0.2, 0.25) is 0 Å². The van der Waals surface area contributed by atoms with Gasteiger partial charge in [-0.1, -0.05) is 12.8 Å². The van der Waals surface area contributed by atoms with E-state index < -0.39 is 0 Å². The van der Waals surface area contributed by atoms with E-state index in [1.165, 1.54) is 45.2 Å². The first kappa shape index (κ1) is 17.7. The molecular formula is C20H35N3O2. The Bertz CT molecular complexity index is 464. The fraction of sp³-hybridized carbons (Fsp3) is 0.950. The van der Waals surface area contributed by atoms with E-state index in [0.29, 0.717) is 23.3 Å². The largest absolute Gasteiger partial charge is 0.379 e. The van der Waals surface area contributed by atoms with Gasteiger partial charge in [0.05, 0.1) is 13.2 Å². The summed E-state index contributed by atoms with van der Waals surface area (Å²) in [6.07, 6.45) is 8.48. The van der Waals surface area contributed by atoms with Gasteiger partial charge in [-0.3, -0.25) is 9.69 Å². The van der Waals surface area contributed by atoms with Gasteiger partial charge in [-0.15, -0.1) is 0 Å².